The van der Waals surface area contributed by atoms with E-state index in [1.54, 1.807) is 0 Å². The lowest BCUT2D eigenvalue weighted by Gasteiger charge is -2.17. The van der Waals surface area contributed by atoms with Crippen molar-refractivity contribution >= 4 is 12.6 Å². The second-order valence-corrected chi connectivity index (χ2v) is 5.40. The van der Waals surface area contributed by atoms with Gasteiger partial charge < -0.3 is 9.84 Å². The molecule has 110 valence electrons. The molecule has 3 rings (SSSR count). The predicted octanol–water partition coefficient (Wildman–Crippen LogP) is 4.85. The molecule has 0 amide bonds. The molecule has 3 aromatic carbocycles. The van der Waals surface area contributed by atoms with Crippen molar-refractivity contribution in [3.8, 4) is 11.5 Å². The molecule has 1 N–H and O–H groups in total. The van der Waals surface area contributed by atoms with Crippen molar-refractivity contribution in [3.63, 3.8) is 0 Å². The lowest BCUT2D eigenvalue weighted by molar-refractivity contribution is 0.216. The average molecular weight is 308 g/mol. The van der Waals surface area contributed by atoms with Crippen LogP contribution in [0.25, 0.3) is 0 Å². The van der Waals surface area contributed by atoms with Crippen LogP contribution in [0.1, 0.15) is 17.2 Å². The molecule has 0 heterocycles. The Morgan fingerprint density at radius 2 is 1.32 bits per heavy atom. The zero-order valence-electron chi connectivity index (χ0n) is 11.9. The highest BCUT2D eigenvalue weighted by Crippen LogP contribution is 2.34. The van der Waals surface area contributed by atoms with Crippen LogP contribution in [0.4, 0.5) is 0 Å². The Morgan fingerprint density at radius 3 is 2.05 bits per heavy atom. The van der Waals surface area contributed by atoms with Crippen LogP contribution in [-0.4, -0.2) is 5.11 Å². The second-order valence-electron chi connectivity index (χ2n) is 4.92. The molecule has 0 aliphatic heterocycles. The van der Waals surface area contributed by atoms with Crippen molar-refractivity contribution in [2.75, 3.05) is 0 Å². The Balaban J connectivity index is 1.95. The summed E-state index contributed by atoms with van der Waals surface area (Å²) in [6.07, 6.45) is -0.732. The maximum atomic E-state index is 10.6. The number of hydrogen-bond acceptors (Lipinski definition) is 3. The Kier molecular flexibility index (Phi) is 4.47. The van der Waals surface area contributed by atoms with Crippen molar-refractivity contribution in [2.45, 2.75) is 11.0 Å². The van der Waals surface area contributed by atoms with E-state index < -0.39 is 6.10 Å². The van der Waals surface area contributed by atoms with Gasteiger partial charge in [-0.25, -0.2) is 0 Å². The summed E-state index contributed by atoms with van der Waals surface area (Å²) in [4.78, 5) is 0.756. The molecule has 0 saturated carbocycles. The van der Waals surface area contributed by atoms with E-state index in [2.05, 4.69) is 12.6 Å². The van der Waals surface area contributed by atoms with Crippen LogP contribution in [0.5, 0.6) is 11.5 Å². The van der Waals surface area contributed by atoms with Gasteiger partial charge in [0.15, 0.2) is 0 Å². The standard InChI is InChI=1S/C19H16O2S/c20-19(14-8-2-1-3-9-14)15-10-4-5-11-16(15)21-17-12-6-7-13-18(17)22/h1-13,19-20,22H. The highest BCUT2D eigenvalue weighted by molar-refractivity contribution is 7.80. The highest BCUT2D eigenvalue weighted by Gasteiger charge is 2.16. The molecule has 0 bridgehead atoms. The van der Waals surface area contributed by atoms with Crippen LogP contribution in [0.2, 0.25) is 0 Å². The summed E-state index contributed by atoms with van der Waals surface area (Å²) >= 11 is 4.40. The van der Waals surface area contributed by atoms with E-state index in [1.807, 2.05) is 78.9 Å². The zero-order valence-corrected chi connectivity index (χ0v) is 12.8. The molecule has 0 radical (unpaired) electrons. The number of para-hydroxylation sites is 2. The van der Waals surface area contributed by atoms with Crippen LogP contribution in [0.15, 0.2) is 83.8 Å². The fourth-order valence-corrected chi connectivity index (χ4v) is 2.48. The number of aliphatic hydroxyl groups excluding tert-OH is 1. The SMILES string of the molecule is OC(c1ccccc1)c1ccccc1Oc1ccccc1S. The molecule has 3 heteroatoms. The van der Waals surface area contributed by atoms with Gasteiger partial charge in [0.05, 0.1) is 0 Å². The van der Waals surface area contributed by atoms with E-state index in [1.165, 1.54) is 0 Å². The average Bonchev–Trinajstić information content (AvgIpc) is 2.58. The smallest absolute Gasteiger partial charge is 0.140 e. The Bertz CT molecular complexity index is 756. The first-order chi connectivity index (χ1) is 10.8. The summed E-state index contributed by atoms with van der Waals surface area (Å²) in [7, 11) is 0. The summed E-state index contributed by atoms with van der Waals surface area (Å²) in [5, 5.41) is 10.6. The third kappa shape index (κ3) is 3.16. The van der Waals surface area contributed by atoms with E-state index in [9.17, 15) is 5.11 Å². The van der Waals surface area contributed by atoms with Crippen LogP contribution >= 0.6 is 12.6 Å². The van der Waals surface area contributed by atoms with Gasteiger partial charge in [-0.2, -0.15) is 0 Å². The van der Waals surface area contributed by atoms with Gasteiger partial charge in [-0.05, 0) is 23.8 Å². The number of aliphatic hydroxyl groups is 1. The molecule has 3 aromatic rings. The molecule has 2 nitrogen and oxygen atoms in total. The number of ether oxygens (including phenoxy) is 1. The number of hydrogen-bond donors (Lipinski definition) is 2. The van der Waals surface area contributed by atoms with Gasteiger partial charge in [0.1, 0.15) is 17.6 Å². The molecule has 0 saturated heterocycles. The van der Waals surface area contributed by atoms with E-state index in [0.29, 0.717) is 11.5 Å². The first-order valence-corrected chi connectivity index (χ1v) is 7.48. The van der Waals surface area contributed by atoms with Gasteiger partial charge in [0.25, 0.3) is 0 Å². The first-order valence-electron chi connectivity index (χ1n) is 7.03. The minimum atomic E-state index is -0.732. The van der Waals surface area contributed by atoms with Crippen LogP contribution in [0, 0.1) is 0 Å². The molecular formula is C19H16O2S. The molecule has 1 atom stereocenters. The summed E-state index contributed by atoms with van der Waals surface area (Å²) in [5.41, 5.74) is 1.56. The monoisotopic (exact) mass is 308 g/mol. The fourth-order valence-electron chi connectivity index (χ4n) is 2.28. The Hall–Kier alpha value is -2.23. The maximum Gasteiger partial charge on any atom is 0.140 e. The third-order valence-electron chi connectivity index (χ3n) is 3.41. The lowest BCUT2D eigenvalue weighted by atomic mass is 10.0. The molecule has 0 aliphatic rings. The second kappa shape index (κ2) is 6.69. The van der Waals surface area contributed by atoms with Gasteiger partial charge in [-0.3, -0.25) is 0 Å². The van der Waals surface area contributed by atoms with Crippen molar-refractivity contribution in [1.29, 1.82) is 0 Å². The Labute approximate surface area is 135 Å². The molecule has 1 unspecified atom stereocenters. The first kappa shape index (κ1) is 14.7. The van der Waals surface area contributed by atoms with Gasteiger partial charge in [0.2, 0.25) is 0 Å². The van der Waals surface area contributed by atoms with Crippen molar-refractivity contribution in [3.05, 3.63) is 90.0 Å². The molecule has 0 fully saturated rings. The van der Waals surface area contributed by atoms with Crippen LogP contribution < -0.4 is 4.74 Å². The van der Waals surface area contributed by atoms with Crippen LogP contribution in [0.3, 0.4) is 0 Å². The van der Waals surface area contributed by atoms with E-state index in [-0.39, 0.29) is 0 Å². The lowest BCUT2D eigenvalue weighted by Crippen LogP contribution is -2.02. The van der Waals surface area contributed by atoms with Gasteiger partial charge >= 0.3 is 0 Å². The summed E-state index contributed by atoms with van der Waals surface area (Å²) < 4.78 is 5.95. The van der Waals surface area contributed by atoms with E-state index in [4.69, 9.17) is 4.74 Å². The zero-order chi connectivity index (χ0) is 15.4. The summed E-state index contributed by atoms with van der Waals surface area (Å²) in [5.74, 6) is 1.29. The quantitative estimate of drug-likeness (QED) is 0.675. The largest absolute Gasteiger partial charge is 0.456 e. The summed E-state index contributed by atoms with van der Waals surface area (Å²) in [6, 6.07) is 24.6. The maximum absolute atomic E-state index is 10.6. The number of rotatable bonds is 4. The van der Waals surface area contributed by atoms with Crippen molar-refractivity contribution in [2.24, 2.45) is 0 Å². The molecular weight excluding hydrogens is 292 g/mol. The van der Waals surface area contributed by atoms with Gasteiger partial charge in [-0.15, -0.1) is 12.6 Å². The van der Waals surface area contributed by atoms with Crippen LogP contribution in [-0.2, 0) is 0 Å². The summed E-state index contributed by atoms with van der Waals surface area (Å²) in [6.45, 7) is 0. The normalized spacial score (nSPS) is 11.9. The number of thiol groups is 1. The minimum Gasteiger partial charge on any atom is -0.456 e. The van der Waals surface area contributed by atoms with Gasteiger partial charge in [0, 0.05) is 10.5 Å². The van der Waals surface area contributed by atoms with E-state index in [0.717, 1.165) is 16.0 Å². The molecule has 0 aromatic heterocycles. The molecule has 0 aliphatic carbocycles. The van der Waals surface area contributed by atoms with Crippen molar-refractivity contribution < 1.29 is 9.84 Å². The topological polar surface area (TPSA) is 29.5 Å². The molecule has 0 spiro atoms. The Morgan fingerprint density at radius 1 is 0.727 bits per heavy atom. The minimum absolute atomic E-state index is 0.625. The van der Waals surface area contributed by atoms with Gasteiger partial charge in [-0.1, -0.05) is 60.7 Å². The predicted molar refractivity (Wildman–Crippen MR) is 90.7 cm³/mol. The van der Waals surface area contributed by atoms with E-state index >= 15 is 0 Å². The third-order valence-corrected chi connectivity index (χ3v) is 3.78. The number of benzene rings is 3. The van der Waals surface area contributed by atoms with Crippen molar-refractivity contribution in [1.82, 2.24) is 0 Å². The molecule has 22 heavy (non-hydrogen) atoms. The highest BCUT2D eigenvalue weighted by atomic mass is 32.1. The fraction of sp³-hybridized carbons (Fsp3) is 0.0526.